The number of halogens is 3. The Morgan fingerprint density at radius 1 is 0.886 bits per heavy atom. The summed E-state index contributed by atoms with van der Waals surface area (Å²) < 4.78 is 41.3. The predicted molar refractivity (Wildman–Crippen MR) is 125 cm³/mol. The summed E-state index contributed by atoms with van der Waals surface area (Å²) in [5.74, 6) is -0.615. The van der Waals surface area contributed by atoms with Gasteiger partial charge >= 0.3 is 6.36 Å². The van der Waals surface area contributed by atoms with Crippen molar-refractivity contribution < 1.29 is 32.6 Å². The van der Waals surface area contributed by atoms with Gasteiger partial charge < -0.3 is 14.7 Å². The zero-order valence-corrected chi connectivity index (χ0v) is 19.3. The van der Waals surface area contributed by atoms with Crippen LogP contribution in [0.5, 0.6) is 11.5 Å². The number of alkyl halides is 3. The molecule has 182 valence electrons. The molecule has 0 bridgehead atoms. The molecule has 0 spiro atoms. The molecule has 1 N–H and O–H groups in total. The lowest BCUT2D eigenvalue weighted by Gasteiger charge is -2.31. The van der Waals surface area contributed by atoms with Crippen molar-refractivity contribution in [2.75, 3.05) is 13.1 Å². The van der Waals surface area contributed by atoms with Gasteiger partial charge in [0.05, 0.1) is 0 Å². The quantitative estimate of drug-likeness (QED) is 0.409. The summed E-state index contributed by atoms with van der Waals surface area (Å²) in [5.41, 5.74) is 0.972. The minimum absolute atomic E-state index is 0.00609. The maximum absolute atomic E-state index is 13.0. The second kappa shape index (κ2) is 10.4. The molecule has 0 atom stereocenters. The van der Waals surface area contributed by atoms with E-state index < -0.39 is 6.36 Å². The van der Waals surface area contributed by atoms with Gasteiger partial charge in [-0.15, -0.1) is 13.2 Å². The molecule has 9 heteroatoms. The molecule has 1 fully saturated rings. The Labute approximate surface area is 204 Å². The van der Waals surface area contributed by atoms with Crippen molar-refractivity contribution in [3.05, 3.63) is 83.9 Å². The van der Waals surface area contributed by atoms with Crippen LogP contribution in [0.4, 0.5) is 13.2 Å². The maximum atomic E-state index is 13.0. The van der Waals surface area contributed by atoms with Gasteiger partial charge in [0.15, 0.2) is 5.78 Å². The van der Waals surface area contributed by atoms with Gasteiger partial charge in [0.2, 0.25) is 0 Å². The lowest BCUT2D eigenvalue weighted by atomic mass is 9.88. The van der Waals surface area contributed by atoms with Gasteiger partial charge in [-0.25, -0.2) is 0 Å². The number of phenols is 1. The number of carbonyl (C=O) groups excluding carboxylic acids is 2. The van der Waals surface area contributed by atoms with E-state index in [1.54, 1.807) is 47.4 Å². The van der Waals surface area contributed by atoms with Gasteiger partial charge in [0.1, 0.15) is 11.5 Å². The molecule has 1 saturated heterocycles. The van der Waals surface area contributed by atoms with E-state index in [-0.39, 0.29) is 29.1 Å². The number of hydrogen-bond acceptors (Lipinski definition) is 5. The Bertz CT molecular complexity index is 1210. The first-order chi connectivity index (χ1) is 16.7. The summed E-state index contributed by atoms with van der Waals surface area (Å²) in [7, 11) is 0. The molecule has 3 aromatic carbocycles. The molecule has 1 amide bonds. The molecular formula is C26H22F3NO4S. The first-order valence-electron chi connectivity index (χ1n) is 10.9. The number of nitrogens with zero attached hydrogens (tertiary/aromatic N) is 1. The highest BCUT2D eigenvalue weighted by Crippen LogP contribution is 2.32. The lowest BCUT2D eigenvalue weighted by Crippen LogP contribution is -2.40. The normalized spacial score (nSPS) is 14.5. The second-order valence-corrected chi connectivity index (χ2v) is 9.28. The highest BCUT2D eigenvalue weighted by Gasteiger charge is 2.31. The molecule has 1 aliphatic rings. The van der Waals surface area contributed by atoms with E-state index in [0.717, 1.165) is 4.90 Å². The molecule has 5 nitrogen and oxygen atoms in total. The molecule has 0 unspecified atom stereocenters. The largest absolute Gasteiger partial charge is 0.573 e. The number of carbonyl (C=O) groups is 2. The van der Waals surface area contributed by atoms with E-state index in [1.165, 1.54) is 42.1 Å². The first kappa shape index (κ1) is 24.7. The number of hydrogen-bond donors (Lipinski definition) is 1. The summed E-state index contributed by atoms with van der Waals surface area (Å²) in [6.07, 6.45) is -3.66. The van der Waals surface area contributed by atoms with Gasteiger partial charge in [0.25, 0.3) is 5.91 Å². The standard InChI is InChI=1S/C26H22F3NO4S/c27-26(28,29)34-21-5-2-6-23(16-21)35-22-9-7-17(8-10-22)24(32)18-11-13-30(14-12-18)25(33)19-3-1-4-20(31)15-19/h1-10,15-16,18,31H,11-14H2. The molecule has 1 aliphatic heterocycles. The van der Waals surface area contributed by atoms with E-state index in [4.69, 9.17) is 0 Å². The van der Waals surface area contributed by atoms with Crippen molar-refractivity contribution >= 4 is 23.5 Å². The van der Waals surface area contributed by atoms with Crippen molar-refractivity contribution in [3.63, 3.8) is 0 Å². The Morgan fingerprint density at radius 2 is 1.57 bits per heavy atom. The van der Waals surface area contributed by atoms with Gasteiger partial charge in [0, 0.05) is 39.9 Å². The van der Waals surface area contributed by atoms with Gasteiger partial charge in [-0.1, -0.05) is 36.0 Å². The van der Waals surface area contributed by atoms with E-state index in [9.17, 15) is 27.9 Å². The molecule has 35 heavy (non-hydrogen) atoms. The highest BCUT2D eigenvalue weighted by atomic mass is 32.2. The van der Waals surface area contributed by atoms with Crippen LogP contribution in [0, 0.1) is 5.92 Å². The number of ketones is 1. The van der Waals surface area contributed by atoms with Crippen LogP contribution in [-0.2, 0) is 0 Å². The summed E-state index contributed by atoms with van der Waals surface area (Å²) in [4.78, 5) is 28.7. The van der Waals surface area contributed by atoms with E-state index in [1.807, 2.05) is 0 Å². The van der Waals surface area contributed by atoms with E-state index in [0.29, 0.717) is 42.0 Å². The zero-order chi connectivity index (χ0) is 25.0. The monoisotopic (exact) mass is 501 g/mol. The summed E-state index contributed by atoms with van der Waals surface area (Å²) in [5, 5.41) is 9.59. The fraction of sp³-hybridized carbons (Fsp3) is 0.231. The molecular weight excluding hydrogens is 479 g/mol. The molecule has 1 heterocycles. The van der Waals surface area contributed by atoms with Crippen molar-refractivity contribution in [2.45, 2.75) is 29.0 Å². The summed E-state index contributed by atoms with van der Waals surface area (Å²) in [6.45, 7) is 0.907. The van der Waals surface area contributed by atoms with Crippen LogP contribution in [-0.4, -0.2) is 41.1 Å². The van der Waals surface area contributed by atoms with Gasteiger partial charge in [-0.05, 0) is 61.4 Å². The molecule has 0 saturated carbocycles. The predicted octanol–water partition coefficient (Wildman–Crippen LogP) is 6.18. The number of ether oxygens (including phenoxy) is 1. The summed E-state index contributed by atoms with van der Waals surface area (Å²) in [6, 6.07) is 18.9. The van der Waals surface area contributed by atoms with Crippen LogP contribution in [0.2, 0.25) is 0 Å². The Morgan fingerprint density at radius 3 is 2.23 bits per heavy atom. The fourth-order valence-corrected chi connectivity index (χ4v) is 4.83. The number of phenolic OH excluding ortho intramolecular Hbond substituents is 1. The number of likely N-dealkylation sites (tertiary alicyclic amines) is 1. The average molecular weight is 502 g/mol. The minimum Gasteiger partial charge on any atom is -0.508 e. The van der Waals surface area contributed by atoms with Crippen molar-refractivity contribution in [1.29, 1.82) is 0 Å². The smallest absolute Gasteiger partial charge is 0.508 e. The number of Topliss-reactive ketones (excluding diaryl/α,β-unsaturated/α-hetero) is 1. The van der Waals surface area contributed by atoms with Crippen LogP contribution in [0.15, 0.2) is 82.6 Å². The lowest BCUT2D eigenvalue weighted by molar-refractivity contribution is -0.274. The molecule has 0 aliphatic carbocycles. The number of amides is 1. The minimum atomic E-state index is -4.75. The number of rotatable bonds is 6. The Balaban J connectivity index is 1.33. The van der Waals surface area contributed by atoms with Gasteiger partial charge in [-0.2, -0.15) is 0 Å². The third-order valence-electron chi connectivity index (χ3n) is 5.66. The number of aromatic hydroxyl groups is 1. The SMILES string of the molecule is O=C(c1ccc(Sc2cccc(OC(F)(F)F)c2)cc1)C1CCN(C(=O)c2cccc(O)c2)CC1. The average Bonchev–Trinajstić information content (AvgIpc) is 2.83. The molecule has 0 radical (unpaired) electrons. The third kappa shape index (κ3) is 6.57. The zero-order valence-electron chi connectivity index (χ0n) is 18.5. The van der Waals surface area contributed by atoms with Crippen molar-refractivity contribution in [2.24, 2.45) is 5.92 Å². The van der Waals surface area contributed by atoms with Crippen LogP contribution < -0.4 is 4.74 Å². The Hall–Kier alpha value is -3.46. The molecule has 0 aromatic heterocycles. The van der Waals surface area contributed by atoms with Crippen LogP contribution in [0.25, 0.3) is 0 Å². The van der Waals surface area contributed by atoms with Crippen LogP contribution in [0.1, 0.15) is 33.6 Å². The van der Waals surface area contributed by atoms with Gasteiger partial charge in [-0.3, -0.25) is 9.59 Å². The maximum Gasteiger partial charge on any atom is 0.573 e. The second-order valence-electron chi connectivity index (χ2n) is 8.13. The van der Waals surface area contributed by atoms with Crippen molar-refractivity contribution in [1.82, 2.24) is 4.90 Å². The summed E-state index contributed by atoms with van der Waals surface area (Å²) >= 11 is 1.27. The van der Waals surface area contributed by atoms with E-state index >= 15 is 0 Å². The fourth-order valence-electron chi connectivity index (χ4n) is 3.96. The first-order valence-corrected chi connectivity index (χ1v) is 11.8. The third-order valence-corrected chi connectivity index (χ3v) is 6.66. The number of piperidine rings is 1. The topological polar surface area (TPSA) is 66.8 Å². The van der Waals surface area contributed by atoms with Crippen LogP contribution in [0.3, 0.4) is 0 Å². The Kier molecular flexibility index (Phi) is 7.35. The molecule has 4 rings (SSSR count). The van der Waals surface area contributed by atoms with Crippen LogP contribution >= 0.6 is 11.8 Å². The van der Waals surface area contributed by atoms with Crippen molar-refractivity contribution in [3.8, 4) is 11.5 Å². The van der Waals surface area contributed by atoms with E-state index in [2.05, 4.69) is 4.74 Å². The molecule has 3 aromatic rings. The highest BCUT2D eigenvalue weighted by molar-refractivity contribution is 7.99. The number of benzene rings is 3.